The molecule has 0 bridgehead atoms. The Morgan fingerprint density at radius 2 is 2.10 bits per heavy atom. The molecule has 0 aliphatic carbocycles. The zero-order chi connectivity index (χ0) is 15.1. The first-order valence-electron chi connectivity index (χ1n) is 6.42. The number of thiophene rings is 1. The third-order valence-corrected chi connectivity index (χ3v) is 4.85. The van der Waals surface area contributed by atoms with Crippen molar-refractivity contribution in [1.82, 2.24) is 5.32 Å². The number of benzene rings is 1. The van der Waals surface area contributed by atoms with Crippen molar-refractivity contribution < 1.29 is 14.3 Å². The van der Waals surface area contributed by atoms with Gasteiger partial charge in [0.15, 0.2) is 0 Å². The molecule has 0 aliphatic heterocycles. The second-order valence-electron chi connectivity index (χ2n) is 5.52. The molecule has 1 unspecified atom stereocenters. The SMILES string of the molecule is Cc1c(C(=O)NC(C)(C)C(C)O)sc2cccc(F)c12. The van der Waals surface area contributed by atoms with Crippen molar-refractivity contribution in [1.29, 1.82) is 0 Å². The van der Waals surface area contributed by atoms with E-state index in [1.807, 2.05) is 0 Å². The number of halogens is 1. The van der Waals surface area contributed by atoms with E-state index in [-0.39, 0.29) is 11.7 Å². The van der Waals surface area contributed by atoms with Crippen LogP contribution in [-0.4, -0.2) is 22.7 Å². The van der Waals surface area contributed by atoms with E-state index >= 15 is 0 Å². The third-order valence-electron chi connectivity index (χ3n) is 3.59. The van der Waals surface area contributed by atoms with E-state index in [2.05, 4.69) is 5.32 Å². The lowest BCUT2D eigenvalue weighted by Gasteiger charge is -2.29. The van der Waals surface area contributed by atoms with Gasteiger partial charge in [-0.1, -0.05) is 6.07 Å². The summed E-state index contributed by atoms with van der Waals surface area (Å²) in [4.78, 5) is 12.8. The van der Waals surface area contributed by atoms with Crippen LogP contribution in [0, 0.1) is 12.7 Å². The van der Waals surface area contributed by atoms with Gasteiger partial charge in [-0.15, -0.1) is 11.3 Å². The lowest BCUT2D eigenvalue weighted by molar-refractivity contribution is 0.0712. The average Bonchev–Trinajstić information content (AvgIpc) is 2.67. The minimum absolute atomic E-state index is 0.283. The molecular weight excluding hydrogens is 277 g/mol. The van der Waals surface area contributed by atoms with Gasteiger partial charge in [0.2, 0.25) is 0 Å². The molecule has 2 N–H and O–H groups in total. The van der Waals surface area contributed by atoms with Crippen molar-refractivity contribution in [3.8, 4) is 0 Å². The van der Waals surface area contributed by atoms with Crippen LogP contribution in [0.25, 0.3) is 10.1 Å². The molecule has 0 radical (unpaired) electrons. The lowest BCUT2D eigenvalue weighted by atomic mass is 9.98. The standard InChI is InChI=1S/C15H18FNO2S/c1-8-12-10(16)6-5-7-11(12)20-13(8)14(19)17-15(3,4)9(2)18/h5-7,9,18H,1-4H3,(H,17,19). The van der Waals surface area contributed by atoms with Gasteiger partial charge in [-0.3, -0.25) is 4.79 Å². The summed E-state index contributed by atoms with van der Waals surface area (Å²) in [6, 6.07) is 4.82. The minimum atomic E-state index is -0.738. The molecule has 108 valence electrons. The predicted octanol–water partition coefficient (Wildman–Crippen LogP) is 3.24. The summed E-state index contributed by atoms with van der Waals surface area (Å²) in [5.74, 6) is -0.598. The summed E-state index contributed by atoms with van der Waals surface area (Å²) in [6.45, 7) is 6.86. The summed E-state index contributed by atoms with van der Waals surface area (Å²) in [5.41, 5.74) is -0.0971. The minimum Gasteiger partial charge on any atom is -0.391 e. The number of hydrogen-bond donors (Lipinski definition) is 2. The Morgan fingerprint density at radius 3 is 2.65 bits per heavy atom. The molecule has 20 heavy (non-hydrogen) atoms. The number of fused-ring (bicyclic) bond motifs is 1. The Kier molecular flexibility index (Phi) is 3.84. The van der Waals surface area contributed by atoms with Crippen molar-refractivity contribution >= 4 is 27.3 Å². The fourth-order valence-corrected chi connectivity index (χ4v) is 3.04. The van der Waals surface area contributed by atoms with Crippen molar-refractivity contribution in [3.63, 3.8) is 0 Å². The van der Waals surface area contributed by atoms with E-state index in [1.165, 1.54) is 17.4 Å². The topological polar surface area (TPSA) is 49.3 Å². The zero-order valence-electron chi connectivity index (χ0n) is 12.0. The number of carbonyl (C=O) groups excluding carboxylic acids is 1. The predicted molar refractivity (Wildman–Crippen MR) is 79.7 cm³/mol. The molecule has 5 heteroatoms. The number of amides is 1. The Hall–Kier alpha value is -1.46. The van der Waals surface area contributed by atoms with Crippen molar-refractivity contribution in [3.05, 3.63) is 34.5 Å². The van der Waals surface area contributed by atoms with E-state index in [1.54, 1.807) is 39.8 Å². The van der Waals surface area contributed by atoms with Crippen molar-refractivity contribution in [2.24, 2.45) is 0 Å². The van der Waals surface area contributed by atoms with Crippen LogP contribution < -0.4 is 5.32 Å². The molecule has 2 rings (SSSR count). The summed E-state index contributed by atoms with van der Waals surface area (Å²) < 4.78 is 14.6. The molecule has 0 saturated carbocycles. The number of hydrogen-bond acceptors (Lipinski definition) is 3. The maximum Gasteiger partial charge on any atom is 0.262 e. The highest BCUT2D eigenvalue weighted by molar-refractivity contribution is 7.21. The number of rotatable bonds is 3. The summed E-state index contributed by atoms with van der Waals surface area (Å²) >= 11 is 1.26. The number of carbonyl (C=O) groups is 1. The van der Waals surface area contributed by atoms with Gasteiger partial charge in [-0.2, -0.15) is 0 Å². The molecule has 0 fully saturated rings. The molecule has 0 saturated heterocycles. The maximum atomic E-state index is 13.8. The first-order valence-corrected chi connectivity index (χ1v) is 7.24. The van der Waals surface area contributed by atoms with Crippen molar-refractivity contribution in [2.75, 3.05) is 0 Å². The number of nitrogens with one attached hydrogen (secondary N) is 1. The van der Waals surface area contributed by atoms with Crippen LogP contribution in [0.2, 0.25) is 0 Å². The second kappa shape index (κ2) is 5.14. The Bertz CT molecular complexity index is 661. The van der Waals surface area contributed by atoms with Gasteiger partial charge in [0.05, 0.1) is 16.5 Å². The largest absolute Gasteiger partial charge is 0.391 e. The van der Waals surface area contributed by atoms with Crippen LogP contribution in [0.3, 0.4) is 0 Å². The highest BCUT2D eigenvalue weighted by Gasteiger charge is 2.28. The number of aryl methyl sites for hydroxylation is 1. The Balaban J connectivity index is 2.41. The van der Waals surface area contributed by atoms with Gasteiger partial charge in [-0.05, 0) is 45.4 Å². The van der Waals surface area contributed by atoms with Gasteiger partial charge in [0.1, 0.15) is 5.82 Å². The first kappa shape index (κ1) is 14.9. The summed E-state index contributed by atoms with van der Waals surface area (Å²) in [6.07, 6.45) is -0.683. The summed E-state index contributed by atoms with van der Waals surface area (Å²) in [5, 5.41) is 12.9. The van der Waals surface area contributed by atoms with E-state index in [0.29, 0.717) is 15.8 Å². The fraction of sp³-hybridized carbons (Fsp3) is 0.400. The molecule has 1 atom stereocenters. The van der Waals surface area contributed by atoms with Gasteiger partial charge in [0.25, 0.3) is 5.91 Å². The van der Waals surface area contributed by atoms with Gasteiger partial charge in [-0.25, -0.2) is 4.39 Å². The zero-order valence-corrected chi connectivity index (χ0v) is 12.8. The molecular formula is C15H18FNO2S. The third kappa shape index (κ3) is 2.55. The van der Waals surface area contributed by atoms with Crippen LogP contribution in [0.5, 0.6) is 0 Å². The molecule has 3 nitrogen and oxygen atoms in total. The smallest absolute Gasteiger partial charge is 0.262 e. The van der Waals surface area contributed by atoms with Gasteiger partial charge < -0.3 is 10.4 Å². The highest BCUT2D eigenvalue weighted by Crippen LogP contribution is 2.32. The molecule has 1 heterocycles. The highest BCUT2D eigenvalue weighted by atomic mass is 32.1. The van der Waals surface area contributed by atoms with Crippen molar-refractivity contribution in [2.45, 2.75) is 39.3 Å². The van der Waals surface area contributed by atoms with Gasteiger partial charge in [0, 0.05) is 10.1 Å². The average molecular weight is 295 g/mol. The number of aliphatic hydroxyl groups excluding tert-OH is 1. The van der Waals surface area contributed by atoms with E-state index in [9.17, 15) is 14.3 Å². The van der Waals surface area contributed by atoms with Crippen LogP contribution in [0.4, 0.5) is 4.39 Å². The normalized spacial score (nSPS) is 13.5. The quantitative estimate of drug-likeness (QED) is 0.913. The molecule has 0 spiro atoms. The molecule has 1 aromatic carbocycles. The maximum absolute atomic E-state index is 13.8. The van der Waals surface area contributed by atoms with Crippen LogP contribution in [0.15, 0.2) is 18.2 Å². The second-order valence-corrected chi connectivity index (χ2v) is 6.57. The molecule has 1 aromatic heterocycles. The van der Waals surface area contributed by atoms with E-state index in [0.717, 1.165) is 4.70 Å². The van der Waals surface area contributed by atoms with Crippen LogP contribution in [-0.2, 0) is 0 Å². The first-order chi connectivity index (χ1) is 9.24. The van der Waals surface area contributed by atoms with Crippen LogP contribution in [0.1, 0.15) is 36.0 Å². The lowest BCUT2D eigenvalue weighted by Crippen LogP contribution is -2.50. The van der Waals surface area contributed by atoms with E-state index < -0.39 is 11.6 Å². The van der Waals surface area contributed by atoms with E-state index in [4.69, 9.17) is 0 Å². The molecule has 0 aliphatic rings. The van der Waals surface area contributed by atoms with Gasteiger partial charge >= 0.3 is 0 Å². The fourth-order valence-electron chi connectivity index (χ4n) is 1.92. The Labute approximate surface area is 121 Å². The number of aliphatic hydroxyl groups is 1. The Morgan fingerprint density at radius 1 is 1.45 bits per heavy atom. The summed E-state index contributed by atoms with van der Waals surface area (Å²) in [7, 11) is 0. The monoisotopic (exact) mass is 295 g/mol. The van der Waals surface area contributed by atoms with Crippen LogP contribution >= 0.6 is 11.3 Å². The molecule has 1 amide bonds. The molecule has 2 aromatic rings.